The number of nitrogens with one attached hydrogen (secondary N) is 1. The van der Waals surface area contributed by atoms with E-state index in [0.29, 0.717) is 17.1 Å². The summed E-state index contributed by atoms with van der Waals surface area (Å²) in [7, 11) is -2.15. The lowest BCUT2D eigenvalue weighted by Crippen LogP contribution is -2.41. The first-order valence-electron chi connectivity index (χ1n) is 8.00. The van der Waals surface area contributed by atoms with Crippen molar-refractivity contribution in [3.05, 3.63) is 59.7 Å². The van der Waals surface area contributed by atoms with E-state index in [9.17, 15) is 13.2 Å². The minimum Gasteiger partial charge on any atom is -0.454 e. The molecule has 1 aliphatic heterocycles. The normalized spacial score (nSPS) is 14.3. The lowest BCUT2D eigenvalue weighted by molar-refractivity contribution is -0.124. The summed E-state index contributed by atoms with van der Waals surface area (Å²) >= 11 is 0. The second-order valence-electron chi connectivity index (χ2n) is 6.00. The van der Waals surface area contributed by atoms with E-state index in [1.165, 1.54) is 7.05 Å². The van der Waals surface area contributed by atoms with Gasteiger partial charge >= 0.3 is 0 Å². The van der Waals surface area contributed by atoms with Gasteiger partial charge in [0, 0.05) is 13.6 Å². The number of carbonyl (C=O) groups excluding carboxylic acids is 1. The largest absolute Gasteiger partial charge is 0.454 e. The molecule has 0 radical (unpaired) electrons. The highest BCUT2D eigenvalue weighted by Crippen LogP contribution is 2.32. The van der Waals surface area contributed by atoms with Crippen LogP contribution in [-0.2, 0) is 21.4 Å². The number of fused-ring (bicyclic) bond motifs is 1. The fraction of sp³-hybridized carbons (Fsp3) is 0.278. The van der Waals surface area contributed by atoms with Gasteiger partial charge < -0.3 is 14.8 Å². The highest BCUT2D eigenvalue weighted by molar-refractivity contribution is 7.88. The van der Waals surface area contributed by atoms with Crippen LogP contribution in [0.2, 0.25) is 0 Å². The second-order valence-corrected chi connectivity index (χ2v) is 8.04. The topological polar surface area (TPSA) is 84.9 Å². The van der Waals surface area contributed by atoms with Gasteiger partial charge in [0.15, 0.2) is 11.5 Å². The Morgan fingerprint density at radius 2 is 1.85 bits per heavy atom. The number of sulfonamides is 1. The van der Waals surface area contributed by atoms with Gasteiger partial charge in [-0.1, -0.05) is 36.4 Å². The van der Waals surface area contributed by atoms with Gasteiger partial charge in [-0.15, -0.1) is 0 Å². The fourth-order valence-electron chi connectivity index (χ4n) is 2.69. The van der Waals surface area contributed by atoms with Gasteiger partial charge in [-0.05, 0) is 23.3 Å². The SMILES string of the molecule is CN([C@H](C(=O)NCc1ccc2c(c1)OCO2)c1ccccc1)S(C)(=O)=O. The molecule has 0 bridgehead atoms. The molecule has 1 aliphatic rings. The van der Waals surface area contributed by atoms with Crippen LogP contribution in [0, 0.1) is 0 Å². The van der Waals surface area contributed by atoms with Gasteiger partial charge in [-0.3, -0.25) is 4.79 Å². The Hall–Kier alpha value is -2.58. The highest BCUT2D eigenvalue weighted by atomic mass is 32.2. The first kappa shape index (κ1) is 18.2. The molecule has 0 saturated heterocycles. The second kappa shape index (κ2) is 7.35. The Morgan fingerprint density at radius 1 is 1.15 bits per heavy atom. The first-order chi connectivity index (χ1) is 12.4. The minimum atomic E-state index is -3.55. The molecule has 2 aromatic rings. The van der Waals surface area contributed by atoms with Gasteiger partial charge in [0.25, 0.3) is 0 Å². The summed E-state index contributed by atoms with van der Waals surface area (Å²) < 4.78 is 35.6. The van der Waals surface area contributed by atoms with Gasteiger partial charge in [0.2, 0.25) is 22.7 Å². The molecule has 0 saturated carbocycles. The summed E-state index contributed by atoms with van der Waals surface area (Å²) in [5.41, 5.74) is 1.43. The van der Waals surface area contributed by atoms with Gasteiger partial charge in [-0.2, -0.15) is 4.31 Å². The van der Waals surface area contributed by atoms with Crippen LogP contribution < -0.4 is 14.8 Å². The molecule has 2 aromatic carbocycles. The summed E-state index contributed by atoms with van der Waals surface area (Å²) in [5.74, 6) is 0.894. The number of ether oxygens (including phenoxy) is 2. The molecular weight excluding hydrogens is 356 g/mol. The van der Waals surface area contributed by atoms with Crippen LogP contribution in [0.1, 0.15) is 17.2 Å². The fourth-order valence-corrected chi connectivity index (χ4v) is 3.29. The van der Waals surface area contributed by atoms with Crippen LogP contribution in [0.5, 0.6) is 11.5 Å². The number of hydrogen-bond donors (Lipinski definition) is 1. The molecule has 3 rings (SSSR count). The van der Waals surface area contributed by atoms with E-state index in [0.717, 1.165) is 16.1 Å². The molecule has 26 heavy (non-hydrogen) atoms. The lowest BCUT2D eigenvalue weighted by Gasteiger charge is -2.25. The third-order valence-corrected chi connectivity index (χ3v) is 5.41. The smallest absolute Gasteiger partial charge is 0.243 e. The van der Waals surface area contributed by atoms with Crippen LogP contribution in [-0.4, -0.2) is 38.7 Å². The zero-order valence-electron chi connectivity index (χ0n) is 14.5. The summed E-state index contributed by atoms with van der Waals surface area (Å²) in [6.45, 7) is 0.427. The molecule has 7 nitrogen and oxygen atoms in total. The van der Waals surface area contributed by atoms with Crippen molar-refractivity contribution < 1.29 is 22.7 Å². The maximum atomic E-state index is 12.8. The van der Waals surface area contributed by atoms with E-state index in [1.807, 2.05) is 12.1 Å². The molecule has 8 heteroatoms. The standard InChI is InChI=1S/C18H20N2O5S/c1-20(26(2,22)23)17(14-6-4-3-5-7-14)18(21)19-11-13-8-9-15-16(10-13)25-12-24-15/h3-10,17H,11-12H2,1-2H3,(H,19,21)/t17-/m0/s1. The Bertz CT molecular complexity index is 899. The predicted molar refractivity (Wildman–Crippen MR) is 96.2 cm³/mol. The molecule has 1 amide bonds. The van der Waals surface area contributed by atoms with E-state index in [2.05, 4.69) is 5.32 Å². The molecule has 0 fully saturated rings. The number of hydrogen-bond acceptors (Lipinski definition) is 5. The van der Waals surface area contributed by atoms with Crippen molar-refractivity contribution in [2.45, 2.75) is 12.6 Å². The molecule has 0 aliphatic carbocycles. The predicted octanol–water partition coefficient (Wildman–Crippen LogP) is 1.66. The Kier molecular flexibility index (Phi) is 5.15. The number of amides is 1. The zero-order chi connectivity index (χ0) is 18.7. The number of likely N-dealkylation sites (N-methyl/N-ethyl adjacent to an activating group) is 1. The van der Waals surface area contributed by atoms with Crippen LogP contribution >= 0.6 is 0 Å². The Labute approximate surface area is 152 Å². The van der Waals surface area contributed by atoms with Crippen LogP contribution in [0.4, 0.5) is 0 Å². The summed E-state index contributed by atoms with van der Waals surface area (Å²) in [6.07, 6.45) is 1.08. The van der Waals surface area contributed by atoms with Gasteiger partial charge in [0.05, 0.1) is 6.26 Å². The average molecular weight is 376 g/mol. The maximum absolute atomic E-state index is 12.8. The molecular formula is C18H20N2O5S. The highest BCUT2D eigenvalue weighted by Gasteiger charge is 2.30. The van der Waals surface area contributed by atoms with Crippen molar-refractivity contribution >= 4 is 15.9 Å². The molecule has 0 aromatic heterocycles. The summed E-state index contributed by atoms with van der Waals surface area (Å²) in [6, 6.07) is 13.3. The van der Waals surface area contributed by atoms with Crippen molar-refractivity contribution in [2.75, 3.05) is 20.1 Å². The molecule has 1 heterocycles. The number of carbonyl (C=O) groups is 1. The van der Waals surface area contributed by atoms with Gasteiger partial charge in [0.1, 0.15) is 6.04 Å². The monoisotopic (exact) mass is 376 g/mol. The van der Waals surface area contributed by atoms with Crippen LogP contribution in [0.3, 0.4) is 0 Å². The van der Waals surface area contributed by atoms with Crippen molar-refractivity contribution in [2.24, 2.45) is 0 Å². The Morgan fingerprint density at radius 3 is 2.54 bits per heavy atom. The van der Waals surface area contributed by atoms with Crippen molar-refractivity contribution in [1.82, 2.24) is 9.62 Å². The molecule has 1 N–H and O–H groups in total. The van der Waals surface area contributed by atoms with E-state index in [-0.39, 0.29) is 13.3 Å². The molecule has 0 spiro atoms. The average Bonchev–Trinajstić information content (AvgIpc) is 3.08. The summed E-state index contributed by atoms with van der Waals surface area (Å²) in [4.78, 5) is 12.8. The minimum absolute atomic E-state index is 0.181. The van der Waals surface area contributed by atoms with E-state index < -0.39 is 22.0 Å². The Balaban J connectivity index is 1.77. The zero-order valence-corrected chi connectivity index (χ0v) is 15.3. The third-order valence-electron chi connectivity index (χ3n) is 4.15. The van der Waals surface area contributed by atoms with Crippen molar-refractivity contribution in [3.8, 4) is 11.5 Å². The van der Waals surface area contributed by atoms with E-state index in [1.54, 1.807) is 36.4 Å². The van der Waals surface area contributed by atoms with Crippen molar-refractivity contribution in [3.63, 3.8) is 0 Å². The van der Waals surface area contributed by atoms with E-state index >= 15 is 0 Å². The van der Waals surface area contributed by atoms with Crippen LogP contribution in [0.25, 0.3) is 0 Å². The molecule has 1 atom stereocenters. The quantitative estimate of drug-likeness (QED) is 0.829. The van der Waals surface area contributed by atoms with Crippen LogP contribution in [0.15, 0.2) is 48.5 Å². The number of nitrogens with zero attached hydrogens (tertiary/aromatic N) is 1. The molecule has 138 valence electrons. The number of benzene rings is 2. The van der Waals surface area contributed by atoms with E-state index in [4.69, 9.17) is 9.47 Å². The first-order valence-corrected chi connectivity index (χ1v) is 9.85. The lowest BCUT2D eigenvalue weighted by atomic mass is 10.1. The summed E-state index contributed by atoms with van der Waals surface area (Å²) in [5, 5.41) is 2.80. The maximum Gasteiger partial charge on any atom is 0.243 e. The third kappa shape index (κ3) is 3.97. The number of rotatable bonds is 6. The van der Waals surface area contributed by atoms with Crippen molar-refractivity contribution in [1.29, 1.82) is 0 Å². The van der Waals surface area contributed by atoms with Gasteiger partial charge in [-0.25, -0.2) is 8.42 Å². The molecule has 0 unspecified atom stereocenters.